The molecule has 0 amide bonds. The SMILES string of the molecule is CC(C)OCCN(C)C/C=C/CCl. The molecular formula is C10H20ClNO. The van der Waals surface area contributed by atoms with Crippen molar-refractivity contribution in [2.24, 2.45) is 0 Å². The van der Waals surface area contributed by atoms with Crippen molar-refractivity contribution in [2.45, 2.75) is 20.0 Å². The molecule has 0 aromatic carbocycles. The van der Waals surface area contributed by atoms with Crippen LogP contribution in [0.25, 0.3) is 0 Å². The maximum Gasteiger partial charge on any atom is 0.0596 e. The first-order valence-electron chi connectivity index (χ1n) is 4.68. The van der Waals surface area contributed by atoms with Gasteiger partial charge < -0.3 is 9.64 Å². The number of nitrogens with zero attached hydrogens (tertiary/aromatic N) is 1. The van der Waals surface area contributed by atoms with Gasteiger partial charge in [0, 0.05) is 19.0 Å². The molecule has 13 heavy (non-hydrogen) atoms. The molecule has 0 rings (SSSR count). The third-order valence-electron chi connectivity index (χ3n) is 1.60. The van der Waals surface area contributed by atoms with Crippen LogP contribution in [0, 0.1) is 0 Å². The van der Waals surface area contributed by atoms with E-state index in [9.17, 15) is 0 Å². The van der Waals surface area contributed by atoms with Gasteiger partial charge in [-0.2, -0.15) is 0 Å². The highest BCUT2D eigenvalue weighted by molar-refractivity contribution is 6.18. The predicted molar refractivity (Wildman–Crippen MR) is 58.4 cm³/mol. The number of hydrogen-bond acceptors (Lipinski definition) is 2. The van der Waals surface area contributed by atoms with Crippen LogP contribution in [0.15, 0.2) is 12.2 Å². The minimum atomic E-state index is 0.326. The normalized spacial score (nSPS) is 12.2. The van der Waals surface area contributed by atoms with E-state index < -0.39 is 0 Å². The Kier molecular flexibility index (Phi) is 8.51. The van der Waals surface area contributed by atoms with Gasteiger partial charge >= 0.3 is 0 Å². The second-order valence-electron chi connectivity index (χ2n) is 3.31. The molecule has 0 aliphatic carbocycles. The summed E-state index contributed by atoms with van der Waals surface area (Å²) in [6.45, 7) is 6.79. The zero-order valence-electron chi connectivity index (χ0n) is 8.79. The zero-order chi connectivity index (χ0) is 10.1. The van der Waals surface area contributed by atoms with E-state index in [2.05, 4.69) is 18.0 Å². The summed E-state index contributed by atoms with van der Waals surface area (Å²) in [6.07, 6.45) is 4.36. The van der Waals surface area contributed by atoms with Crippen molar-refractivity contribution in [1.82, 2.24) is 4.90 Å². The minimum Gasteiger partial charge on any atom is -0.377 e. The van der Waals surface area contributed by atoms with Crippen LogP contribution < -0.4 is 0 Å². The van der Waals surface area contributed by atoms with Crippen LogP contribution in [-0.2, 0) is 4.74 Å². The average Bonchev–Trinajstić information content (AvgIpc) is 2.04. The summed E-state index contributed by atoms with van der Waals surface area (Å²) in [5, 5.41) is 0. The van der Waals surface area contributed by atoms with E-state index in [1.54, 1.807) is 0 Å². The maximum atomic E-state index is 5.50. The molecule has 0 saturated heterocycles. The Morgan fingerprint density at radius 1 is 1.38 bits per heavy atom. The van der Waals surface area contributed by atoms with Gasteiger partial charge in [-0.1, -0.05) is 12.2 Å². The molecule has 0 aliphatic rings. The average molecular weight is 206 g/mol. The molecule has 0 radical (unpaired) electrons. The van der Waals surface area contributed by atoms with Gasteiger partial charge in [-0.15, -0.1) is 11.6 Å². The molecule has 0 spiro atoms. The quantitative estimate of drug-likeness (QED) is 0.467. The van der Waals surface area contributed by atoms with Crippen molar-refractivity contribution in [3.8, 4) is 0 Å². The smallest absolute Gasteiger partial charge is 0.0596 e. The first-order valence-corrected chi connectivity index (χ1v) is 5.21. The topological polar surface area (TPSA) is 12.5 Å². The fourth-order valence-electron chi connectivity index (χ4n) is 0.853. The third-order valence-corrected chi connectivity index (χ3v) is 1.78. The standard InChI is InChI=1S/C10H20ClNO/c1-10(2)13-9-8-12(3)7-5-4-6-11/h4-5,10H,6-9H2,1-3H3/b5-4+. The van der Waals surface area contributed by atoms with Crippen LogP contribution in [0.4, 0.5) is 0 Å². The van der Waals surface area contributed by atoms with Crippen molar-refractivity contribution >= 4 is 11.6 Å². The zero-order valence-corrected chi connectivity index (χ0v) is 9.55. The second-order valence-corrected chi connectivity index (χ2v) is 3.62. The summed E-state index contributed by atoms with van der Waals surface area (Å²) < 4.78 is 5.43. The van der Waals surface area contributed by atoms with Crippen molar-refractivity contribution < 1.29 is 4.74 Å². The molecule has 0 unspecified atom stereocenters. The van der Waals surface area contributed by atoms with Crippen LogP contribution >= 0.6 is 11.6 Å². The molecule has 0 bridgehead atoms. The minimum absolute atomic E-state index is 0.326. The van der Waals surface area contributed by atoms with Gasteiger partial charge in [-0.3, -0.25) is 0 Å². The Morgan fingerprint density at radius 3 is 2.62 bits per heavy atom. The fraction of sp³-hybridized carbons (Fsp3) is 0.800. The van der Waals surface area contributed by atoms with Crippen molar-refractivity contribution in [2.75, 3.05) is 32.6 Å². The highest BCUT2D eigenvalue weighted by Gasteiger charge is 1.96. The summed E-state index contributed by atoms with van der Waals surface area (Å²) in [6, 6.07) is 0. The van der Waals surface area contributed by atoms with Crippen LogP contribution in [-0.4, -0.2) is 43.6 Å². The summed E-state index contributed by atoms with van der Waals surface area (Å²) in [5.41, 5.74) is 0. The Hall–Kier alpha value is -0.0500. The molecule has 0 N–H and O–H groups in total. The molecule has 0 saturated carbocycles. The number of halogens is 1. The van der Waals surface area contributed by atoms with Crippen molar-refractivity contribution in [1.29, 1.82) is 0 Å². The molecule has 0 heterocycles. The van der Waals surface area contributed by atoms with Crippen LogP contribution in [0.1, 0.15) is 13.8 Å². The first kappa shape index (κ1) is 12.9. The largest absolute Gasteiger partial charge is 0.377 e. The number of allylic oxidation sites excluding steroid dienone is 1. The van der Waals surface area contributed by atoms with E-state index in [0.29, 0.717) is 12.0 Å². The molecule has 0 atom stereocenters. The Morgan fingerprint density at radius 2 is 2.08 bits per heavy atom. The summed E-state index contributed by atoms with van der Waals surface area (Å²) >= 11 is 5.50. The van der Waals surface area contributed by atoms with Gasteiger partial charge in [-0.05, 0) is 20.9 Å². The van der Waals surface area contributed by atoms with E-state index in [1.165, 1.54) is 0 Å². The second kappa shape index (κ2) is 8.54. The highest BCUT2D eigenvalue weighted by Crippen LogP contribution is 1.90. The Balaban J connectivity index is 3.29. The van der Waals surface area contributed by atoms with E-state index in [1.807, 2.05) is 19.9 Å². The highest BCUT2D eigenvalue weighted by atomic mass is 35.5. The third kappa shape index (κ3) is 9.87. The lowest BCUT2D eigenvalue weighted by molar-refractivity contribution is 0.0657. The lowest BCUT2D eigenvalue weighted by Crippen LogP contribution is -2.24. The molecule has 0 aliphatic heterocycles. The van der Waals surface area contributed by atoms with Gasteiger partial charge in [0.15, 0.2) is 0 Å². The van der Waals surface area contributed by atoms with Gasteiger partial charge in [-0.25, -0.2) is 0 Å². The number of alkyl halides is 1. The summed E-state index contributed by atoms with van der Waals surface area (Å²) in [4.78, 5) is 2.20. The number of likely N-dealkylation sites (N-methyl/N-ethyl adjacent to an activating group) is 1. The molecule has 2 nitrogen and oxygen atoms in total. The fourth-order valence-corrected chi connectivity index (χ4v) is 0.979. The van der Waals surface area contributed by atoms with E-state index in [0.717, 1.165) is 19.7 Å². The van der Waals surface area contributed by atoms with Crippen molar-refractivity contribution in [3.63, 3.8) is 0 Å². The number of rotatable bonds is 7. The predicted octanol–water partition coefficient (Wildman–Crippen LogP) is 2.14. The lowest BCUT2D eigenvalue weighted by atomic mass is 10.4. The van der Waals surface area contributed by atoms with Crippen LogP contribution in [0.3, 0.4) is 0 Å². The monoisotopic (exact) mass is 205 g/mol. The Labute approximate surface area is 86.5 Å². The van der Waals surface area contributed by atoms with Crippen LogP contribution in [0.5, 0.6) is 0 Å². The molecular weight excluding hydrogens is 186 g/mol. The molecule has 0 aromatic heterocycles. The summed E-state index contributed by atoms with van der Waals surface area (Å²) in [5.74, 6) is 0.594. The number of hydrogen-bond donors (Lipinski definition) is 0. The van der Waals surface area contributed by atoms with Gasteiger partial charge in [0.1, 0.15) is 0 Å². The van der Waals surface area contributed by atoms with E-state index in [-0.39, 0.29) is 0 Å². The molecule has 78 valence electrons. The van der Waals surface area contributed by atoms with Crippen LogP contribution in [0.2, 0.25) is 0 Å². The maximum absolute atomic E-state index is 5.50. The molecule has 0 fully saturated rings. The summed E-state index contributed by atoms with van der Waals surface area (Å²) in [7, 11) is 2.07. The van der Waals surface area contributed by atoms with Crippen molar-refractivity contribution in [3.05, 3.63) is 12.2 Å². The lowest BCUT2D eigenvalue weighted by Gasteiger charge is -2.15. The Bertz CT molecular complexity index is 137. The van der Waals surface area contributed by atoms with Gasteiger partial charge in [0.2, 0.25) is 0 Å². The van der Waals surface area contributed by atoms with Gasteiger partial charge in [0.25, 0.3) is 0 Å². The molecule has 0 aromatic rings. The number of ether oxygens (including phenoxy) is 1. The van der Waals surface area contributed by atoms with Gasteiger partial charge in [0.05, 0.1) is 12.7 Å². The van der Waals surface area contributed by atoms with E-state index >= 15 is 0 Å². The molecule has 3 heteroatoms. The first-order chi connectivity index (χ1) is 6.16. The van der Waals surface area contributed by atoms with E-state index in [4.69, 9.17) is 16.3 Å².